The summed E-state index contributed by atoms with van der Waals surface area (Å²) in [5.74, 6) is 0.487. The molecule has 4 nitrogen and oxygen atoms in total. The monoisotopic (exact) mass is 194 g/mol. The first-order valence-electron chi connectivity index (χ1n) is 3.77. The Morgan fingerprint density at radius 3 is 2.54 bits per heavy atom. The van der Waals surface area contributed by atoms with E-state index in [0.717, 1.165) is 5.69 Å². The number of nitrogens with zero attached hydrogens (tertiary/aromatic N) is 4. The molecule has 0 spiro atoms. The predicted molar refractivity (Wildman–Crippen MR) is 48.9 cm³/mol. The maximum atomic E-state index is 5.90. The molecule has 0 unspecified atom stereocenters. The maximum absolute atomic E-state index is 5.90. The number of aromatic nitrogens is 4. The van der Waals surface area contributed by atoms with E-state index in [2.05, 4.69) is 15.1 Å². The van der Waals surface area contributed by atoms with Crippen LogP contribution in [-0.4, -0.2) is 19.7 Å². The molecule has 5 heteroatoms. The summed E-state index contributed by atoms with van der Waals surface area (Å²) in [4.78, 5) is 8.06. The van der Waals surface area contributed by atoms with Gasteiger partial charge in [0.25, 0.3) is 5.95 Å². The van der Waals surface area contributed by atoms with Crippen LogP contribution >= 0.6 is 11.6 Å². The van der Waals surface area contributed by atoms with Crippen molar-refractivity contribution < 1.29 is 0 Å². The fourth-order valence-corrected chi connectivity index (χ4v) is 1.28. The molecular weight excluding hydrogens is 188 g/mol. The first-order chi connectivity index (χ1) is 6.27. The molecule has 2 aromatic heterocycles. The van der Waals surface area contributed by atoms with Crippen LogP contribution in [0.15, 0.2) is 24.5 Å². The highest BCUT2D eigenvalue weighted by Gasteiger charge is 2.05. The van der Waals surface area contributed by atoms with E-state index < -0.39 is 0 Å². The average molecular weight is 195 g/mol. The quantitative estimate of drug-likeness (QED) is 0.693. The molecule has 0 fully saturated rings. The Balaban J connectivity index is 2.53. The Bertz CT molecular complexity index is 409. The standard InChI is InChI=1S/C8H7ClN4/c1-6-5-7(9)13(12-6)8-10-3-2-4-11-8/h2-5H,1H3. The summed E-state index contributed by atoms with van der Waals surface area (Å²) in [7, 11) is 0. The minimum absolute atomic E-state index is 0.487. The van der Waals surface area contributed by atoms with Gasteiger partial charge in [0, 0.05) is 12.4 Å². The molecule has 0 saturated heterocycles. The second-order valence-electron chi connectivity index (χ2n) is 2.57. The van der Waals surface area contributed by atoms with Crippen molar-refractivity contribution in [3.63, 3.8) is 0 Å². The summed E-state index contributed by atoms with van der Waals surface area (Å²) in [6.45, 7) is 1.87. The maximum Gasteiger partial charge on any atom is 0.251 e. The second-order valence-corrected chi connectivity index (χ2v) is 2.96. The third-order valence-electron chi connectivity index (χ3n) is 1.53. The fourth-order valence-electron chi connectivity index (χ4n) is 1.01. The lowest BCUT2D eigenvalue weighted by molar-refractivity contribution is 0.797. The van der Waals surface area contributed by atoms with Gasteiger partial charge < -0.3 is 0 Å². The van der Waals surface area contributed by atoms with Crippen molar-refractivity contribution >= 4 is 11.6 Å². The third kappa shape index (κ3) is 1.53. The van der Waals surface area contributed by atoms with Crippen molar-refractivity contribution in [1.82, 2.24) is 19.7 Å². The van der Waals surface area contributed by atoms with Crippen molar-refractivity contribution in [2.75, 3.05) is 0 Å². The van der Waals surface area contributed by atoms with Crippen molar-refractivity contribution in [2.24, 2.45) is 0 Å². The van der Waals surface area contributed by atoms with E-state index in [1.807, 2.05) is 6.92 Å². The van der Waals surface area contributed by atoms with Gasteiger partial charge >= 0.3 is 0 Å². The molecule has 0 saturated carbocycles. The normalized spacial score (nSPS) is 10.3. The van der Waals surface area contributed by atoms with E-state index in [9.17, 15) is 0 Å². The van der Waals surface area contributed by atoms with Crippen LogP contribution in [0, 0.1) is 6.92 Å². The number of aryl methyl sites for hydroxylation is 1. The molecule has 66 valence electrons. The molecule has 0 radical (unpaired) electrons. The zero-order valence-corrected chi connectivity index (χ0v) is 7.73. The Morgan fingerprint density at radius 1 is 1.31 bits per heavy atom. The van der Waals surface area contributed by atoms with E-state index >= 15 is 0 Å². The van der Waals surface area contributed by atoms with Crippen LogP contribution in [0.25, 0.3) is 5.95 Å². The molecule has 13 heavy (non-hydrogen) atoms. The molecule has 0 aliphatic heterocycles. The molecule has 0 atom stereocenters. The van der Waals surface area contributed by atoms with E-state index in [4.69, 9.17) is 11.6 Å². The second kappa shape index (κ2) is 3.14. The van der Waals surface area contributed by atoms with Crippen molar-refractivity contribution in [1.29, 1.82) is 0 Å². The summed E-state index contributed by atoms with van der Waals surface area (Å²) in [5.41, 5.74) is 0.845. The highest BCUT2D eigenvalue weighted by atomic mass is 35.5. The van der Waals surface area contributed by atoms with Gasteiger partial charge in [-0.25, -0.2) is 9.97 Å². The fraction of sp³-hybridized carbons (Fsp3) is 0.125. The molecule has 0 N–H and O–H groups in total. The van der Waals surface area contributed by atoms with E-state index in [1.165, 1.54) is 4.68 Å². The smallest absolute Gasteiger partial charge is 0.220 e. The van der Waals surface area contributed by atoms with Gasteiger partial charge in [0.05, 0.1) is 5.69 Å². The lowest BCUT2D eigenvalue weighted by Crippen LogP contribution is -2.01. The Labute approximate surface area is 80.2 Å². The molecule has 2 heterocycles. The van der Waals surface area contributed by atoms with E-state index in [-0.39, 0.29) is 0 Å². The highest BCUT2D eigenvalue weighted by molar-refractivity contribution is 6.29. The largest absolute Gasteiger partial charge is 0.251 e. The zero-order chi connectivity index (χ0) is 9.26. The van der Waals surface area contributed by atoms with Crippen LogP contribution in [0.3, 0.4) is 0 Å². The lowest BCUT2D eigenvalue weighted by Gasteiger charge is -1.98. The minimum atomic E-state index is 0.487. The van der Waals surface area contributed by atoms with Crippen LogP contribution < -0.4 is 0 Å². The van der Waals surface area contributed by atoms with Gasteiger partial charge in [-0.05, 0) is 19.1 Å². The predicted octanol–water partition coefficient (Wildman–Crippen LogP) is 1.62. The number of hydrogen-bond acceptors (Lipinski definition) is 3. The summed E-state index contributed by atoms with van der Waals surface area (Å²) < 4.78 is 1.50. The molecule has 0 aromatic carbocycles. The molecule has 0 bridgehead atoms. The van der Waals surface area contributed by atoms with E-state index in [0.29, 0.717) is 11.1 Å². The van der Waals surface area contributed by atoms with Gasteiger partial charge in [-0.3, -0.25) is 0 Å². The lowest BCUT2D eigenvalue weighted by atomic mass is 10.5. The Morgan fingerprint density at radius 2 is 2.00 bits per heavy atom. The molecule has 0 amide bonds. The van der Waals surface area contributed by atoms with Crippen LogP contribution in [0.5, 0.6) is 0 Å². The first kappa shape index (κ1) is 8.19. The SMILES string of the molecule is Cc1cc(Cl)n(-c2ncccn2)n1. The van der Waals surface area contributed by atoms with Crippen LogP contribution in [0.4, 0.5) is 0 Å². The summed E-state index contributed by atoms with van der Waals surface area (Å²) in [6, 6.07) is 3.51. The van der Waals surface area contributed by atoms with Gasteiger partial charge in [0.2, 0.25) is 0 Å². The van der Waals surface area contributed by atoms with E-state index in [1.54, 1.807) is 24.5 Å². The average Bonchev–Trinajstić information content (AvgIpc) is 2.47. The topological polar surface area (TPSA) is 43.6 Å². The Kier molecular flexibility index (Phi) is 1.98. The van der Waals surface area contributed by atoms with Crippen LogP contribution in [-0.2, 0) is 0 Å². The summed E-state index contributed by atoms with van der Waals surface area (Å²) in [5, 5.41) is 4.66. The highest BCUT2D eigenvalue weighted by Crippen LogP contribution is 2.12. The third-order valence-corrected chi connectivity index (χ3v) is 1.80. The molecule has 2 aromatic rings. The number of hydrogen-bond donors (Lipinski definition) is 0. The minimum Gasteiger partial charge on any atom is -0.220 e. The Hall–Kier alpha value is -1.42. The summed E-state index contributed by atoms with van der Waals surface area (Å²) in [6.07, 6.45) is 3.30. The molecule has 0 aliphatic carbocycles. The van der Waals surface area contributed by atoms with Gasteiger partial charge in [-0.2, -0.15) is 9.78 Å². The van der Waals surface area contributed by atoms with Crippen LogP contribution in [0.2, 0.25) is 5.15 Å². The van der Waals surface area contributed by atoms with Gasteiger partial charge in [-0.15, -0.1) is 0 Å². The van der Waals surface area contributed by atoms with Gasteiger partial charge in [0.1, 0.15) is 5.15 Å². The molecule has 2 rings (SSSR count). The number of halogens is 1. The van der Waals surface area contributed by atoms with Crippen molar-refractivity contribution in [2.45, 2.75) is 6.92 Å². The van der Waals surface area contributed by atoms with Crippen molar-refractivity contribution in [3.05, 3.63) is 35.4 Å². The van der Waals surface area contributed by atoms with Crippen LogP contribution in [0.1, 0.15) is 5.69 Å². The molecule has 0 aliphatic rings. The number of rotatable bonds is 1. The van der Waals surface area contributed by atoms with Crippen molar-refractivity contribution in [3.8, 4) is 5.95 Å². The molecular formula is C8H7ClN4. The van der Waals surface area contributed by atoms with Gasteiger partial charge in [0.15, 0.2) is 0 Å². The zero-order valence-electron chi connectivity index (χ0n) is 6.98. The first-order valence-corrected chi connectivity index (χ1v) is 4.15. The van der Waals surface area contributed by atoms with Gasteiger partial charge in [-0.1, -0.05) is 11.6 Å². The summed E-state index contributed by atoms with van der Waals surface area (Å²) >= 11 is 5.90.